The van der Waals surface area contributed by atoms with Crippen LogP contribution in [0.2, 0.25) is 0 Å². The summed E-state index contributed by atoms with van der Waals surface area (Å²) in [5.41, 5.74) is 0. The Morgan fingerprint density at radius 3 is 2.57 bits per heavy atom. The van der Waals surface area contributed by atoms with Gasteiger partial charge in [0.05, 0.1) is 0 Å². The third kappa shape index (κ3) is 5.34. The summed E-state index contributed by atoms with van der Waals surface area (Å²) >= 11 is 1.87. The smallest absolute Gasteiger partial charge is 0.225 e. The Balaban J connectivity index is 1.63. The molecule has 0 aliphatic carbocycles. The summed E-state index contributed by atoms with van der Waals surface area (Å²) in [6, 6.07) is 1.84. The molecule has 2 aromatic heterocycles. The first kappa shape index (κ1) is 20.4. The Hall–Kier alpha value is -2.36. The number of rotatable bonds is 7. The first-order valence-electron chi connectivity index (χ1n) is 9.58. The van der Waals surface area contributed by atoms with Crippen LogP contribution >= 0.6 is 11.8 Å². The lowest BCUT2D eigenvalue weighted by atomic mass is 10.3. The standard InChI is InChI=1S/C18H29N9S/c1-15-23-24-16(25(15)2)14-22-18(21-8-5-13-28-3)27-11-9-26(10-12-27)17-19-6-4-7-20-17/h4,6-7H,5,8-14H2,1-3H3,(H,21,22). The topological polar surface area (TPSA) is 87.4 Å². The normalized spacial score (nSPS) is 15.2. The summed E-state index contributed by atoms with van der Waals surface area (Å²) < 4.78 is 1.99. The predicted molar refractivity (Wildman–Crippen MR) is 114 cm³/mol. The quantitative estimate of drug-likeness (QED) is 0.415. The highest BCUT2D eigenvalue weighted by Gasteiger charge is 2.21. The first-order valence-corrected chi connectivity index (χ1v) is 11.0. The van der Waals surface area contributed by atoms with E-state index in [0.717, 1.165) is 68.5 Å². The van der Waals surface area contributed by atoms with Crippen molar-refractivity contribution in [3.8, 4) is 0 Å². The van der Waals surface area contributed by atoms with Gasteiger partial charge in [-0.1, -0.05) is 0 Å². The Morgan fingerprint density at radius 2 is 1.93 bits per heavy atom. The number of nitrogens with one attached hydrogen (secondary N) is 1. The number of aryl methyl sites for hydroxylation is 1. The molecule has 2 aromatic rings. The van der Waals surface area contributed by atoms with E-state index < -0.39 is 0 Å². The van der Waals surface area contributed by atoms with Crippen LogP contribution in [0.15, 0.2) is 23.5 Å². The van der Waals surface area contributed by atoms with Gasteiger partial charge < -0.3 is 19.7 Å². The highest BCUT2D eigenvalue weighted by atomic mass is 32.2. The summed E-state index contributed by atoms with van der Waals surface area (Å²) in [5, 5.41) is 11.9. The Morgan fingerprint density at radius 1 is 1.18 bits per heavy atom. The largest absolute Gasteiger partial charge is 0.356 e. The lowest BCUT2D eigenvalue weighted by Crippen LogP contribution is -2.53. The Kier molecular flexibility index (Phi) is 7.46. The lowest BCUT2D eigenvalue weighted by Gasteiger charge is -2.36. The van der Waals surface area contributed by atoms with E-state index in [0.29, 0.717) is 6.54 Å². The molecular formula is C18H29N9S. The van der Waals surface area contributed by atoms with Gasteiger partial charge in [0.15, 0.2) is 11.8 Å². The average Bonchev–Trinajstić information content (AvgIpc) is 3.06. The van der Waals surface area contributed by atoms with Crippen molar-refractivity contribution in [3.05, 3.63) is 30.1 Å². The maximum atomic E-state index is 4.84. The summed E-state index contributed by atoms with van der Waals surface area (Å²) in [6.07, 6.45) is 6.83. The van der Waals surface area contributed by atoms with Gasteiger partial charge in [0.1, 0.15) is 12.4 Å². The number of nitrogens with zero attached hydrogens (tertiary/aromatic N) is 8. The minimum Gasteiger partial charge on any atom is -0.356 e. The first-order chi connectivity index (χ1) is 13.7. The zero-order valence-electron chi connectivity index (χ0n) is 16.9. The summed E-state index contributed by atoms with van der Waals surface area (Å²) in [4.78, 5) is 18.1. The monoisotopic (exact) mass is 403 g/mol. The molecule has 0 spiro atoms. The fourth-order valence-corrected chi connectivity index (χ4v) is 3.42. The molecule has 1 fully saturated rings. The lowest BCUT2D eigenvalue weighted by molar-refractivity contribution is 0.369. The second kappa shape index (κ2) is 10.3. The number of anilines is 1. The van der Waals surface area contributed by atoms with Gasteiger partial charge in [0, 0.05) is 52.2 Å². The number of hydrogen-bond donors (Lipinski definition) is 1. The number of aromatic nitrogens is 5. The van der Waals surface area contributed by atoms with Gasteiger partial charge in [-0.2, -0.15) is 11.8 Å². The molecule has 9 nitrogen and oxygen atoms in total. The second-order valence-electron chi connectivity index (χ2n) is 6.66. The van der Waals surface area contributed by atoms with E-state index in [1.165, 1.54) is 0 Å². The molecular weight excluding hydrogens is 374 g/mol. The average molecular weight is 404 g/mol. The number of piperazine rings is 1. The molecule has 1 N–H and O–H groups in total. The number of aliphatic imine (C=N–C) groups is 1. The van der Waals surface area contributed by atoms with E-state index in [-0.39, 0.29) is 0 Å². The van der Waals surface area contributed by atoms with Crippen LogP contribution in [0.25, 0.3) is 0 Å². The van der Waals surface area contributed by atoms with Gasteiger partial charge in [0.2, 0.25) is 5.95 Å². The Labute approximate surface area is 170 Å². The van der Waals surface area contributed by atoms with Crippen LogP contribution in [0, 0.1) is 6.92 Å². The SMILES string of the molecule is CSCCCNC(=NCc1nnc(C)n1C)N1CCN(c2ncccn2)CC1. The van der Waals surface area contributed by atoms with Crippen LogP contribution in [-0.2, 0) is 13.6 Å². The van der Waals surface area contributed by atoms with Crippen LogP contribution in [-0.4, -0.2) is 80.3 Å². The van der Waals surface area contributed by atoms with E-state index in [1.54, 1.807) is 12.4 Å². The van der Waals surface area contributed by atoms with Crippen molar-refractivity contribution >= 4 is 23.7 Å². The molecule has 152 valence electrons. The molecule has 0 amide bonds. The fraction of sp³-hybridized carbons (Fsp3) is 0.611. The molecule has 0 aromatic carbocycles. The van der Waals surface area contributed by atoms with Crippen LogP contribution < -0.4 is 10.2 Å². The highest BCUT2D eigenvalue weighted by Crippen LogP contribution is 2.10. The zero-order chi connectivity index (χ0) is 19.8. The highest BCUT2D eigenvalue weighted by molar-refractivity contribution is 7.98. The summed E-state index contributed by atoms with van der Waals surface area (Å²) in [7, 11) is 1.98. The van der Waals surface area contributed by atoms with Crippen LogP contribution in [0.5, 0.6) is 0 Å². The molecule has 1 aliphatic rings. The number of thioether (sulfide) groups is 1. The fourth-order valence-electron chi connectivity index (χ4n) is 2.99. The van der Waals surface area contributed by atoms with E-state index in [1.807, 2.05) is 36.4 Å². The Bertz CT molecular complexity index is 754. The van der Waals surface area contributed by atoms with E-state index in [2.05, 4.69) is 41.5 Å². The molecule has 28 heavy (non-hydrogen) atoms. The third-order valence-corrected chi connectivity index (χ3v) is 5.47. The molecule has 0 bridgehead atoms. The number of hydrogen-bond acceptors (Lipinski definition) is 7. The predicted octanol–water partition coefficient (Wildman–Crippen LogP) is 0.934. The molecule has 0 atom stereocenters. The number of guanidine groups is 1. The summed E-state index contributed by atoms with van der Waals surface area (Å²) in [6.45, 7) is 6.89. The van der Waals surface area contributed by atoms with Gasteiger partial charge in [-0.25, -0.2) is 15.0 Å². The minimum absolute atomic E-state index is 0.518. The molecule has 0 saturated carbocycles. The van der Waals surface area contributed by atoms with Gasteiger partial charge >= 0.3 is 0 Å². The minimum atomic E-state index is 0.518. The third-order valence-electron chi connectivity index (χ3n) is 4.78. The van der Waals surface area contributed by atoms with Crippen molar-refractivity contribution in [2.45, 2.75) is 19.9 Å². The van der Waals surface area contributed by atoms with Gasteiger partial charge in [-0.15, -0.1) is 10.2 Å². The van der Waals surface area contributed by atoms with Crippen LogP contribution in [0.3, 0.4) is 0 Å². The molecule has 3 heterocycles. The maximum absolute atomic E-state index is 4.84. The van der Waals surface area contributed by atoms with Crippen molar-refractivity contribution in [1.82, 2.24) is 34.9 Å². The molecule has 0 unspecified atom stereocenters. The molecule has 3 rings (SSSR count). The van der Waals surface area contributed by atoms with Crippen molar-refractivity contribution in [2.24, 2.45) is 12.0 Å². The molecule has 1 saturated heterocycles. The summed E-state index contributed by atoms with van der Waals surface area (Å²) in [5.74, 6) is 4.65. The van der Waals surface area contributed by atoms with E-state index in [9.17, 15) is 0 Å². The molecule has 10 heteroatoms. The van der Waals surface area contributed by atoms with Crippen molar-refractivity contribution < 1.29 is 0 Å². The van der Waals surface area contributed by atoms with Crippen molar-refractivity contribution in [2.75, 3.05) is 49.6 Å². The molecule has 1 aliphatic heterocycles. The second-order valence-corrected chi connectivity index (χ2v) is 7.64. The van der Waals surface area contributed by atoms with E-state index >= 15 is 0 Å². The van der Waals surface area contributed by atoms with Gasteiger partial charge in [-0.3, -0.25) is 0 Å². The van der Waals surface area contributed by atoms with Crippen molar-refractivity contribution in [1.29, 1.82) is 0 Å². The van der Waals surface area contributed by atoms with Gasteiger partial charge in [0.25, 0.3) is 0 Å². The van der Waals surface area contributed by atoms with Crippen LogP contribution in [0.1, 0.15) is 18.1 Å². The maximum Gasteiger partial charge on any atom is 0.225 e. The van der Waals surface area contributed by atoms with E-state index in [4.69, 9.17) is 4.99 Å². The van der Waals surface area contributed by atoms with Crippen LogP contribution in [0.4, 0.5) is 5.95 Å². The molecule has 0 radical (unpaired) electrons. The van der Waals surface area contributed by atoms with Crippen molar-refractivity contribution in [3.63, 3.8) is 0 Å². The zero-order valence-corrected chi connectivity index (χ0v) is 17.7. The van der Waals surface area contributed by atoms with Gasteiger partial charge in [-0.05, 0) is 31.4 Å².